The molecule has 0 bridgehead atoms. The average Bonchev–Trinajstić information content (AvgIpc) is 2.34. The molecule has 1 aromatic carbocycles. The van der Waals surface area contributed by atoms with E-state index in [4.69, 9.17) is 11.0 Å². The van der Waals surface area contributed by atoms with Gasteiger partial charge in [-0.25, -0.2) is 0 Å². The van der Waals surface area contributed by atoms with Crippen LogP contribution in [0.5, 0.6) is 0 Å². The van der Waals surface area contributed by atoms with Crippen molar-refractivity contribution in [2.45, 2.75) is 25.3 Å². The Balaban J connectivity index is 2.17. The van der Waals surface area contributed by atoms with Crippen molar-refractivity contribution < 1.29 is 4.79 Å². The number of amides is 1. The Bertz CT molecular complexity index is 447. The first-order valence-corrected chi connectivity index (χ1v) is 5.75. The van der Waals surface area contributed by atoms with E-state index in [9.17, 15) is 4.79 Å². The lowest BCUT2D eigenvalue weighted by Crippen LogP contribution is -2.48. The summed E-state index contributed by atoms with van der Waals surface area (Å²) >= 11 is 0. The van der Waals surface area contributed by atoms with Gasteiger partial charge in [0.1, 0.15) is 0 Å². The lowest BCUT2D eigenvalue weighted by atomic mass is 10.0. The Kier molecular flexibility index (Phi) is 3.40. The predicted molar refractivity (Wildman–Crippen MR) is 65.3 cm³/mol. The molecule has 0 saturated carbocycles. The van der Waals surface area contributed by atoms with E-state index >= 15 is 0 Å². The van der Waals surface area contributed by atoms with Gasteiger partial charge >= 0.3 is 0 Å². The van der Waals surface area contributed by atoms with Gasteiger partial charge in [-0.2, -0.15) is 5.26 Å². The molecule has 1 aliphatic heterocycles. The molecule has 1 amide bonds. The van der Waals surface area contributed by atoms with Crippen molar-refractivity contribution >= 4 is 11.6 Å². The van der Waals surface area contributed by atoms with E-state index in [1.54, 1.807) is 4.90 Å². The third-order valence-electron chi connectivity index (χ3n) is 3.01. The van der Waals surface area contributed by atoms with E-state index < -0.39 is 0 Å². The second-order valence-corrected chi connectivity index (χ2v) is 4.24. The molecular formula is C13H15N3O. The van der Waals surface area contributed by atoms with Crippen LogP contribution in [0.4, 0.5) is 5.69 Å². The zero-order valence-electron chi connectivity index (χ0n) is 9.60. The average molecular weight is 229 g/mol. The van der Waals surface area contributed by atoms with E-state index in [2.05, 4.69) is 6.07 Å². The topological polar surface area (TPSA) is 70.1 Å². The molecule has 88 valence electrons. The molecule has 1 saturated heterocycles. The van der Waals surface area contributed by atoms with E-state index in [0.29, 0.717) is 6.42 Å². The van der Waals surface area contributed by atoms with Crippen molar-refractivity contribution in [1.29, 1.82) is 5.26 Å². The summed E-state index contributed by atoms with van der Waals surface area (Å²) in [6.07, 6.45) is 2.10. The second-order valence-electron chi connectivity index (χ2n) is 4.24. The number of hydrogen-bond acceptors (Lipinski definition) is 3. The Hall–Kier alpha value is -1.86. The van der Waals surface area contributed by atoms with Crippen molar-refractivity contribution in [3.63, 3.8) is 0 Å². The van der Waals surface area contributed by atoms with E-state index in [-0.39, 0.29) is 11.9 Å². The standard InChI is InChI=1S/C13H15N3O/c14-8-7-10-3-5-11(6-4-10)16-9-1-2-12(15)13(16)17/h3-6,12H,1-2,7,9,15H2. The summed E-state index contributed by atoms with van der Waals surface area (Å²) in [5.41, 5.74) is 7.58. The van der Waals surface area contributed by atoms with Crippen LogP contribution in [0.3, 0.4) is 0 Å². The van der Waals surface area contributed by atoms with Crippen LogP contribution in [0, 0.1) is 11.3 Å². The monoisotopic (exact) mass is 229 g/mol. The molecule has 0 radical (unpaired) electrons. The van der Waals surface area contributed by atoms with Crippen LogP contribution in [0.1, 0.15) is 18.4 Å². The van der Waals surface area contributed by atoms with Crippen LogP contribution in [-0.4, -0.2) is 18.5 Å². The van der Waals surface area contributed by atoms with Crippen molar-refractivity contribution in [2.75, 3.05) is 11.4 Å². The van der Waals surface area contributed by atoms with E-state index in [1.165, 1.54) is 0 Å². The first-order valence-electron chi connectivity index (χ1n) is 5.75. The summed E-state index contributed by atoms with van der Waals surface area (Å²) < 4.78 is 0. The van der Waals surface area contributed by atoms with Gasteiger partial charge < -0.3 is 10.6 Å². The molecule has 2 N–H and O–H groups in total. The van der Waals surface area contributed by atoms with Gasteiger partial charge in [0, 0.05) is 12.2 Å². The molecule has 4 nitrogen and oxygen atoms in total. The summed E-state index contributed by atoms with van der Waals surface area (Å²) in [6.45, 7) is 0.726. The summed E-state index contributed by atoms with van der Waals surface area (Å²) in [6, 6.07) is 9.24. The normalized spacial score (nSPS) is 20.1. The molecule has 0 aromatic heterocycles. The Morgan fingerprint density at radius 3 is 2.76 bits per heavy atom. The highest BCUT2D eigenvalue weighted by Crippen LogP contribution is 2.20. The summed E-state index contributed by atoms with van der Waals surface area (Å²) in [4.78, 5) is 13.6. The molecule has 0 spiro atoms. The van der Waals surface area contributed by atoms with Crippen molar-refractivity contribution in [1.82, 2.24) is 0 Å². The highest BCUT2D eigenvalue weighted by atomic mass is 16.2. The smallest absolute Gasteiger partial charge is 0.243 e. The molecule has 1 aliphatic rings. The van der Waals surface area contributed by atoms with Crippen LogP contribution in [0.2, 0.25) is 0 Å². The van der Waals surface area contributed by atoms with Gasteiger partial charge in [-0.15, -0.1) is 0 Å². The molecule has 0 aliphatic carbocycles. The van der Waals surface area contributed by atoms with Crippen molar-refractivity contribution in [3.05, 3.63) is 29.8 Å². The molecule has 1 unspecified atom stereocenters. The number of nitriles is 1. The van der Waals surface area contributed by atoms with Gasteiger partial charge in [0.05, 0.1) is 18.5 Å². The van der Waals surface area contributed by atoms with Gasteiger partial charge in [0.2, 0.25) is 5.91 Å². The van der Waals surface area contributed by atoms with Crippen LogP contribution in [-0.2, 0) is 11.2 Å². The van der Waals surface area contributed by atoms with Gasteiger partial charge in [-0.05, 0) is 30.5 Å². The number of piperidine rings is 1. The van der Waals surface area contributed by atoms with E-state index in [0.717, 1.165) is 30.6 Å². The zero-order chi connectivity index (χ0) is 12.3. The molecule has 17 heavy (non-hydrogen) atoms. The minimum atomic E-state index is -0.373. The maximum absolute atomic E-state index is 11.9. The highest BCUT2D eigenvalue weighted by molar-refractivity contribution is 5.97. The van der Waals surface area contributed by atoms with Gasteiger partial charge in [0.25, 0.3) is 0 Å². The number of carbonyl (C=O) groups excluding carboxylic acids is 1. The van der Waals surface area contributed by atoms with Gasteiger partial charge in [-0.3, -0.25) is 4.79 Å². The van der Waals surface area contributed by atoms with Crippen LogP contribution >= 0.6 is 0 Å². The fraction of sp³-hybridized carbons (Fsp3) is 0.385. The first kappa shape index (κ1) is 11.6. The third-order valence-corrected chi connectivity index (χ3v) is 3.01. The molecule has 1 atom stereocenters. The number of carbonyl (C=O) groups is 1. The summed E-state index contributed by atoms with van der Waals surface area (Å²) in [5.74, 6) is -0.00992. The van der Waals surface area contributed by atoms with Crippen molar-refractivity contribution in [3.8, 4) is 6.07 Å². The fourth-order valence-corrected chi connectivity index (χ4v) is 2.04. The number of rotatable bonds is 2. The summed E-state index contributed by atoms with van der Waals surface area (Å²) in [5, 5.41) is 8.58. The Labute approximate surface area is 101 Å². The van der Waals surface area contributed by atoms with Crippen molar-refractivity contribution in [2.24, 2.45) is 5.73 Å². The van der Waals surface area contributed by atoms with Gasteiger partial charge in [-0.1, -0.05) is 12.1 Å². The Morgan fingerprint density at radius 1 is 1.41 bits per heavy atom. The lowest BCUT2D eigenvalue weighted by Gasteiger charge is -2.30. The third kappa shape index (κ3) is 2.45. The maximum atomic E-state index is 11.9. The predicted octanol–water partition coefficient (Wildman–Crippen LogP) is 1.21. The molecule has 4 heteroatoms. The van der Waals surface area contributed by atoms with Gasteiger partial charge in [0.15, 0.2) is 0 Å². The Morgan fingerprint density at radius 2 is 2.12 bits per heavy atom. The highest BCUT2D eigenvalue weighted by Gasteiger charge is 2.26. The number of benzene rings is 1. The molecular weight excluding hydrogens is 214 g/mol. The van der Waals surface area contributed by atoms with E-state index in [1.807, 2.05) is 24.3 Å². The molecule has 1 heterocycles. The minimum Gasteiger partial charge on any atom is -0.320 e. The van der Waals surface area contributed by atoms with Crippen LogP contribution in [0.25, 0.3) is 0 Å². The quantitative estimate of drug-likeness (QED) is 0.828. The fourth-order valence-electron chi connectivity index (χ4n) is 2.04. The van der Waals surface area contributed by atoms with Crippen LogP contribution in [0.15, 0.2) is 24.3 Å². The maximum Gasteiger partial charge on any atom is 0.243 e. The molecule has 1 aromatic rings. The first-order chi connectivity index (χ1) is 8.22. The molecule has 2 rings (SSSR count). The summed E-state index contributed by atoms with van der Waals surface area (Å²) in [7, 11) is 0. The zero-order valence-corrected chi connectivity index (χ0v) is 9.60. The number of hydrogen-bond donors (Lipinski definition) is 1. The van der Waals surface area contributed by atoms with Crippen LogP contribution < -0.4 is 10.6 Å². The number of nitrogens with two attached hydrogens (primary N) is 1. The lowest BCUT2D eigenvalue weighted by molar-refractivity contribution is -0.120. The number of anilines is 1. The second kappa shape index (κ2) is 4.98. The molecule has 1 fully saturated rings. The number of nitrogens with zero attached hydrogens (tertiary/aromatic N) is 2. The minimum absolute atomic E-state index is 0.00992. The SMILES string of the molecule is N#CCc1ccc(N2CCCC(N)C2=O)cc1. The largest absolute Gasteiger partial charge is 0.320 e.